The zero-order chi connectivity index (χ0) is 23.9. The fourth-order valence-corrected chi connectivity index (χ4v) is 10.6. The molecule has 0 aromatic carbocycles. The second-order valence-electron chi connectivity index (χ2n) is 12.9. The van der Waals surface area contributed by atoms with Crippen molar-refractivity contribution < 1.29 is 9.53 Å². The van der Waals surface area contributed by atoms with E-state index in [-0.39, 0.29) is 22.2 Å². The van der Waals surface area contributed by atoms with E-state index in [4.69, 9.17) is 4.74 Å². The van der Waals surface area contributed by atoms with Gasteiger partial charge in [-0.15, -0.1) is 5.10 Å². The molecule has 6 heteroatoms. The van der Waals surface area contributed by atoms with Crippen LogP contribution < -0.4 is 0 Å². The number of morpholine rings is 1. The van der Waals surface area contributed by atoms with Gasteiger partial charge in [-0.1, -0.05) is 50.8 Å². The molecule has 186 valence electrons. The molecule has 0 spiro atoms. The van der Waals surface area contributed by atoms with Crippen molar-refractivity contribution in [2.45, 2.75) is 78.6 Å². The number of amides is 1. The molecule has 1 aromatic heterocycles. The Kier molecular flexibility index (Phi) is 5.35. The van der Waals surface area contributed by atoms with Crippen molar-refractivity contribution >= 4 is 17.4 Å². The number of nitrogens with zero attached hydrogens (tertiary/aromatic N) is 3. The fourth-order valence-electron chi connectivity index (χ4n) is 9.66. The molecule has 1 aliphatic heterocycles. The molecule has 1 amide bonds. The number of allylic oxidation sites excluding steroid dienone is 2. The van der Waals surface area contributed by atoms with Gasteiger partial charge in [-0.05, 0) is 84.6 Å². The Balaban J connectivity index is 1.28. The number of hydrogen-bond donors (Lipinski definition) is 0. The van der Waals surface area contributed by atoms with E-state index >= 15 is 0 Å². The van der Waals surface area contributed by atoms with Crippen LogP contribution in [0.2, 0.25) is 0 Å². The summed E-state index contributed by atoms with van der Waals surface area (Å²) in [4.78, 5) is 16.9. The van der Waals surface area contributed by atoms with Gasteiger partial charge in [0.1, 0.15) is 0 Å². The molecule has 0 N–H and O–H groups in total. The number of ether oxygens (including phenoxy) is 1. The maximum atomic E-state index is 13.4. The lowest BCUT2D eigenvalue weighted by Crippen LogP contribution is -2.54. The predicted octanol–water partition coefficient (Wildman–Crippen LogP) is 5.26. The Bertz CT molecular complexity index is 1010. The SMILES string of the molecule is C[C@H](C(=O)N1CCOCC1)[C@H]1CC[C@H]2[C@@H]3CC=C4C(C)(C)c5nnsc5C[C@]4(C)[C@H]3CC[C@]12C. The Morgan fingerprint density at radius 3 is 2.68 bits per heavy atom. The van der Waals surface area contributed by atoms with E-state index in [0.29, 0.717) is 25.0 Å². The maximum Gasteiger partial charge on any atom is 0.225 e. The standard InChI is InChI=1S/C28H41N3O2S/c1-17(25(32)31-12-14-33-15-13-31)19-7-8-20-18-6-9-23-26(2,3)24-22(34-30-29-24)16-28(23,5)21(18)10-11-27(19,20)4/h9,17-21H,6-8,10-16H2,1-5H3/t17-,18-,19+,20-,21-,27+,28+/m0/s1. The topological polar surface area (TPSA) is 55.3 Å². The summed E-state index contributed by atoms with van der Waals surface area (Å²) in [5, 5.41) is 4.57. The van der Waals surface area contributed by atoms with Gasteiger partial charge < -0.3 is 9.64 Å². The number of hydrogen-bond acceptors (Lipinski definition) is 5. The molecule has 2 heterocycles. The smallest absolute Gasteiger partial charge is 0.225 e. The van der Waals surface area contributed by atoms with Crippen molar-refractivity contribution in [3.05, 3.63) is 22.2 Å². The van der Waals surface area contributed by atoms with Crippen molar-refractivity contribution in [1.29, 1.82) is 0 Å². The average molecular weight is 484 g/mol. The first-order valence-electron chi connectivity index (χ1n) is 13.6. The lowest BCUT2D eigenvalue weighted by Gasteiger charge is -2.59. The normalized spacial score (nSPS) is 41.6. The molecule has 0 unspecified atom stereocenters. The minimum atomic E-state index is -0.0155. The molecule has 7 atom stereocenters. The highest BCUT2D eigenvalue weighted by Gasteiger charge is 2.62. The van der Waals surface area contributed by atoms with Gasteiger partial charge >= 0.3 is 0 Å². The number of rotatable bonds is 2. The molecule has 3 fully saturated rings. The highest BCUT2D eigenvalue weighted by Crippen LogP contribution is 2.68. The van der Waals surface area contributed by atoms with Crippen LogP contribution in [-0.4, -0.2) is 46.7 Å². The lowest BCUT2D eigenvalue weighted by atomic mass is 9.45. The van der Waals surface area contributed by atoms with Crippen LogP contribution >= 0.6 is 11.5 Å². The van der Waals surface area contributed by atoms with Gasteiger partial charge in [0.15, 0.2) is 0 Å². The predicted molar refractivity (Wildman–Crippen MR) is 135 cm³/mol. The third-order valence-corrected chi connectivity index (χ3v) is 11.9. The van der Waals surface area contributed by atoms with Gasteiger partial charge in [0.25, 0.3) is 0 Å². The fraction of sp³-hybridized carbons (Fsp3) is 0.821. The van der Waals surface area contributed by atoms with E-state index < -0.39 is 0 Å². The van der Waals surface area contributed by atoms with Crippen molar-refractivity contribution in [1.82, 2.24) is 14.5 Å². The molecule has 0 bridgehead atoms. The summed E-state index contributed by atoms with van der Waals surface area (Å²) in [6.45, 7) is 15.0. The zero-order valence-corrected chi connectivity index (χ0v) is 22.4. The first-order chi connectivity index (χ1) is 16.2. The van der Waals surface area contributed by atoms with Crippen LogP contribution in [0.15, 0.2) is 11.6 Å². The van der Waals surface area contributed by atoms with Gasteiger partial charge in [0, 0.05) is 24.4 Å². The van der Waals surface area contributed by atoms with Crippen molar-refractivity contribution in [2.24, 2.45) is 40.4 Å². The van der Waals surface area contributed by atoms with E-state index in [1.165, 1.54) is 42.7 Å². The number of fused-ring (bicyclic) bond motifs is 6. The van der Waals surface area contributed by atoms with Crippen LogP contribution in [0.5, 0.6) is 0 Å². The van der Waals surface area contributed by atoms with E-state index in [1.54, 1.807) is 17.1 Å². The highest BCUT2D eigenvalue weighted by atomic mass is 32.1. The summed E-state index contributed by atoms with van der Waals surface area (Å²) in [7, 11) is 0. The molecule has 1 aromatic rings. The molecule has 0 radical (unpaired) electrons. The third kappa shape index (κ3) is 3.09. The third-order valence-electron chi connectivity index (χ3n) is 11.2. The monoisotopic (exact) mass is 483 g/mol. The molecule has 4 aliphatic carbocycles. The Morgan fingerprint density at radius 1 is 1.15 bits per heavy atom. The minimum Gasteiger partial charge on any atom is -0.378 e. The molecule has 1 saturated heterocycles. The van der Waals surface area contributed by atoms with E-state index in [1.807, 2.05) is 0 Å². The second kappa shape index (κ2) is 7.86. The first kappa shape index (κ1) is 23.1. The zero-order valence-electron chi connectivity index (χ0n) is 21.6. The van der Waals surface area contributed by atoms with E-state index in [2.05, 4.69) is 55.2 Å². The van der Waals surface area contributed by atoms with Gasteiger partial charge in [-0.25, -0.2) is 0 Å². The lowest BCUT2D eigenvalue weighted by molar-refractivity contribution is -0.144. The Labute approximate surface area is 208 Å². The van der Waals surface area contributed by atoms with Crippen LogP contribution in [0.4, 0.5) is 0 Å². The highest BCUT2D eigenvalue weighted by molar-refractivity contribution is 7.05. The summed E-state index contributed by atoms with van der Waals surface area (Å²) >= 11 is 1.62. The molecule has 5 nitrogen and oxygen atoms in total. The largest absolute Gasteiger partial charge is 0.378 e. The molecule has 6 rings (SSSR count). The number of carbonyl (C=O) groups is 1. The first-order valence-corrected chi connectivity index (χ1v) is 14.3. The molecule has 2 saturated carbocycles. The van der Waals surface area contributed by atoms with Crippen LogP contribution in [-0.2, 0) is 21.4 Å². The maximum absolute atomic E-state index is 13.4. The quantitative estimate of drug-likeness (QED) is 0.538. The summed E-state index contributed by atoms with van der Waals surface area (Å²) in [5.41, 5.74) is 3.32. The number of aromatic nitrogens is 2. The van der Waals surface area contributed by atoms with E-state index in [0.717, 1.165) is 37.3 Å². The van der Waals surface area contributed by atoms with Crippen LogP contribution in [0.1, 0.15) is 77.3 Å². The van der Waals surface area contributed by atoms with Crippen molar-refractivity contribution in [3.8, 4) is 0 Å². The Morgan fingerprint density at radius 2 is 1.91 bits per heavy atom. The van der Waals surface area contributed by atoms with Crippen molar-refractivity contribution in [3.63, 3.8) is 0 Å². The summed E-state index contributed by atoms with van der Waals surface area (Å²) < 4.78 is 9.86. The summed E-state index contributed by atoms with van der Waals surface area (Å²) in [6.07, 6.45) is 9.98. The van der Waals surface area contributed by atoms with Crippen LogP contribution in [0.3, 0.4) is 0 Å². The van der Waals surface area contributed by atoms with Crippen molar-refractivity contribution in [2.75, 3.05) is 26.3 Å². The Hall–Kier alpha value is -1.27. The van der Waals surface area contributed by atoms with E-state index in [9.17, 15) is 4.79 Å². The summed E-state index contributed by atoms with van der Waals surface area (Å²) in [5.74, 6) is 3.19. The number of carbonyl (C=O) groups excluding carboxylic acids is 1. The molecule has 34 heavy (non-hydrogen) atoms. The van der Waals surface area contributed by atoms with Gasteiger partial charge in [0.05, 0.1) is 23.8 Å². The second-order valence-corrected chi connectivity index (χ2v) is 13.8. The van der Waals surface area contributed by atoms with Gasteiger partial charge in [0.2, 0.25) is 5.91 Å². The van der Waals surface area contributed by atoms with Crippen LogP contribution in [0, 0.1) is 40.4 Å². The molecule has 5 aliphatic rings. The average Bonchev–Trinajstić information content (AvgIpc) is 3.42. The minimum absolute atomic E-state index is 0.0155. The molecular formula is C28H41N3O2S. The van der Waals surface area contributed by atoms with Gasteiger partial charge in [-0.2, -0.15) is 0 Å². The molecular weight excluding hydrogens is 442 g/mol. The van der Waals surface area contributed by atoms with Crippen LogP contribution in [0.25, 0.3) is 0 Å². The van der Waals surface area contributed by atoms with Gasteiger partial charge in [-0.3, -0.25) is 4.79 Å². The summed E-state index contributed by atoms with van der Waals surface area (Å²) in [6, 6.07) is 0.